The van der Waals surface area contributed by atoms with Crippen molar-refractivity contribution < 1.29 is 18.4 Å². The number of fused-ring (bicyclic) bond motifs is 1. The van der Waals surface area contributed by atoms with Gasteiger partial charge in [0.1, 0.15) is 17.4 Å². The third-order valence-corrected chi connectivity index (χ3v) is 3.73. The number of nitrogens with zero attached hydrogens (tertiary/aromatic N) is 1. The number of Topliss-reactive ketones (excluding diaryl/α,β-unsaturated/α-hetero) is 1. The lowest BCUT2D eigenvalue weighted by molar-refractivity contribution is -0.117. The number of carbonyl (C=O) groups is 2. The Morgan fingerprint density at radius 1 is 1.22 bits per heavy atom. The molecule has 0 bridgehead atoms. The highest BCUT2D eigenvalue weighted by molar-refractivity contribution is 6.00. The number of carbonyl (C=O) groups excluding carboxylic acids is 2. The minimum atomic E-state index is -0.684. The summed E-state index contributed by atoms with van der Waals surface area (Å²) in [4.78, 5) is 24.1. The molecule has 1 N–H and O–H groups in total. The van der Waals surface area contributed by atoms with E-state index in [4.69, 9.17) is 0 Å². The maximum Gasteiger partial charge on any atom is 0.273 e. The van der Waals surface area contributed by atoms with Crippen molar-refractivity contribution >= 4 is 17.4 Å². The largest absolute Gasteiger partial charge is 0.300 e. The van der Waals surface area contributed by atoms with Crippen LogP contribution in [0.1, 0.15) is 35.3 Å². The fourth-order valence-electron chi connectivity index (χ4n) is 2.71. The standard InChI is InChI=1S/C17H14F2N2O2/c1-10(22)8-16-12-4-2-3-5-13(12)17(23)21(16)20-15-9-11(18)6-7-14(15)19/h2-7,9,16,20H,8H2,1H3/t16-/m1/s1. The number of hydrogen-bond donors (Lipinski definition) is 1. The van der Waals surface area contributed by atoms with Crippen LogP contribution in [0.25, 0.3) is 0 Å². The average molecular weight is 316 g/mol. The SMILES string of the molecule is CC(=O)C[C@@H]1c2ccccc2C(=O)N1Nc1cc(F)ccc1F. The Morgan fingerprint density at radius 3 is 2.70 bits per heavy atom. The van der Waals surface area contributed by atoms with Crippen LogP contribution in [-0.2, 0) is 4.79 Å². The molecule has 2 aromatic rings. The van der Waals surface area contributed by atoms with Crippen molar-refractivity contribution in [3.63, 3.8) is 0 Å². The molecule has 0 spiro atoms. The Hall–Kier alpha value is -2.76. The van der Waals surface area contributed by atoms with E-state index in [2.05, 4.69) is 5.43 Å². The van der Waals surface area contributed by atoms with Crippen LogP contribution in [0.3, 0.4) is 0 Å². The van der Waals surface area contributed by atoms with E-state index >= 15 is 0 Å². The minimum Gasteiger partial charge on any atom is -0.300 e. The van der Waals surface area contributed by atoms with Crippen molar-refractivity contribution in [2.24, 2.45) is 0 Å². The van der Waals surface area contributed by atoms with E-state index in [1.807, 2.05) is 0 Å². The average Bonchev–Trinajstić information content (AvgIpc) is 2.76. The molecule has 0 aromatic heterocycles. The molecule has 0 unspecified atom stereocenters. The molecule has 3 rings (SSSR count). The van der Waals surface area contributed by atoms with Gasteiger partial charge in [-0.1, -0.05) is 18.2 Å². The molecule has 23 heavy (non-hydrogen) atoms. The Balaban J connectivity index is 1.98. The number of benzene rings is 2. The summed E-state index contributed by atoms with van der Waals surface area (Å²) in [6.07, 6.45) is 0.0900. The molecule has 1 amide bonds. The second-order valence-electron chi connectivity index (χ2n) is 5.42. The van der Waals surface area contributed by atoms with Gasteiger partial charge in [-0.2, -0.15) is 0 Å². The number of anilines is 1. The Bertz CT molecular complexity index is 792. The van der Waals surface area contributed by atoms with Crippen molar-refractivity contribution in [3.8, 4) is 0 Å². The van der Waals surface area contributed by atoms with Gasteiger partial charge in [-0.25, -0.2) is 13.8 Å². The van der Waals surface area contributed by atoms with Crippen LogP contribution in [0.15, 0.2) is 42.5 Å². The highest BCUT2D eigenvalue weighted by atomic mass is 19.1. The third kappa shape index (κ3) is 2.79. The summed E-state index contributed by atoms with van der Waals surface area (Å²) in [7, 11) is 0. The van der Waals surface area contributed by atoms with Gasteiger partial charge >= 0.3 is 0 Å². The van der Waals surface area contributed by atoms with E-state index < -0.39 is 17.7 Å². The molecule has 2 aromatic carbocycles. The van der Waals surface area contributed by atoms with Gasteiger partial charge in [-0.15, -0.1) is 0 Å². The van der Waals surface area contributed by atoms with Gasteiger partial charge in [-0.05, 0) is 30.7 Å². The number of nitrogens with one attached hydrogen (secondary N) is 1. The van der Waals surface area contributed by atoms with Crippen molar-refractivity contribution in [2.45, 2.75) is 19.4 Å². The van der Waals surface area contributed by atoms with Crippen LogP contribution in [0, 0.1) is 11.6 Å². The van der Waals surface area contributed by atoms with E-state index in [1.165, 1.54) is 11.9 Å². The Kier molecular flexibility index (Phi) is 3.82. The lowest BCUT2D eigenvalue weighted by Gasteiger charge is -2.26. The summed E-state index contributed by atoms with van der Waals surface area (Å²) >= 11 is 0. The molecule has 1 atom stereocenters. The highest BCUT2D eigenvalue weighted by Gasteiger charge is 2.37. The van der Waals surface area contributed by atoms with E-state index in [1.54, 1.807) is 24.3 Å². The first-order valence-electron chi connectivity index (χ1n) is 7.11. The second-order valence-corrected chi connectivity index (χ2v) is 5.42. The van der Waals surface area contributed by atoms with Gasteiger partial charge in [0.15, 0.2) is 0 Å². The zero-order chi connectivity index (χ0) is 16.6. The van der Waals surface area contributed by atoms with Crippen LogP contribution in [0.2, 0.25) is 0 Å². The van der Waals surface area contributed by atoms with Crippen LogP contribution >= 0.6 is 0 Å². The first-order chi connectivity index (χ1) is 11.0. The number of amides is 1. The molecule has 0 aliphatic carbocycles. The van der Waals surface area contributed by atoms with E-state index in [9.17, 15) is 18.4 Å². The van der Waals surface area contributed by atoms with Gasteiger partial charge in [0.25, 0.3) is 5.91 Å². The normalized spacial score (nSPS) is 16.4. The zero-order valence-electron chi connectivity index (χ0n) is 12.3. The zero-order valence-corrected chi connectivity index (χ0v) is 12.3. The molecule has 1 aliphatic heterocycles. The van der Waals surface area contributed by atoms with E-state index in [-0.39, 0.29) is 23.8 Å². The molecular formula is C17H14F2N2O2. The predicted octanol–water partition coefficient (Wildman–Crippen LogP) is 3.47. The second kappa shape index (κ2) is 5.79. The Morgan fingerprint density at radius 2 is 1.96 bits per heavy atom. The maximum absolute atomic E-state index is 13.8. The van der Waals surface area contributed by atoms with Crippen molar-refractivity contribution in [1.82, 2.24) is 5.01 Å². The fraction of sp³-hybridized carbons (Fsp3) is 0.176. The summed E-state index contributed by atoms with van der Waals surface area (Å²) < 4.78 is 27.2. The molecule has 6 heteroatoms. The number of ketones is 1. The number of hydrazine groups is 1. The molecule has 1 aliphatic rings. The first-order valence-corrected chi connectivity index (χ1v) is 7.11. The van der Waals surface area contributed by atoms with Crippen LogP contribution in [0.5, 0.6) is 0 Å². The predicted molar refractivity (Wildman–Crippen MR) is 80.6 cm³/mol. The Labute approximate surface area is 131 Å². The monoisotopic (exact) mass is 316 g/mol. The molecule has 0 fully saturated rings. The van der Waals surface area contributed by atoms with Crippen molar-refractivity contribution in [2.75, 3.05) is 5.43 Å². The van der Waals surface area contributed by atoms with E-state index in [0.717, 1.165) is 18.2 Å². The molecule has 1 heterocycles. The van der Waals surface area contributed by atoms with Gasteiger partial charge in [-0.3, -0.25) is 15.0 Å². The maximum atomic E-state index is 13.8. The summed E-state index contributed by atoms with van der Waals surface area (Å²) in [5.41, 5.74) is 3.60. The first kappa shape index (κ1) is 15.1. The number of rotatable bonds is 4. The minimum absolute atomic E-state index is 0.0900. The van der Waals surface area contributed by atoms with Crippen LogP contribution in [-0.4, -0.2) is 16.7 Å². The van der Waals surface area contributed by atoms with Crippen LogP contribution in [0.4, 0.5) is 14.5 Å². The molecule has 0 saturated carbocycles. The van der Waals surface area contributed by atoms with Gasteiger partial charge in [0.05, 0.1) is 11.7 Å². The lowest BCUT2D eigenvalue weighted by atomic mass is 10.0. The van der Waals surface area contributed by atoms with Crippen LogP contribution < -0.4 is 5.43 Å². The lowest BCUT2D eigenvalue weighted by Crippen LogP contribution is -2.35. The van der Waals surface area contributed by atoms with Crippen molar-refractivity contribution in [1.29, 1.82) is 0 Å². The van der Waals surface area contributed by atoms with E-state index in [0.29, 0.717) is 11.1 Å². The van der Waals surface area contributed by atoms with Crippen molar-refractivity contribution in [3.05, 3.63) is 65.2 Å². The molecule has 0 saturated heterocycles. The third-order valence-electron chi connectivity index (χ3n) is 3.73. The number of hydrogen-bond acceptors (Lipinski definition) is 3. The summed E-state index contributed by atoms with van der Waals surface area (Å²) in [6.45, 7) is 1.42. The summed E-state index contributed by atoms with van der Waals surface area (Å²) in [5.74, 6) is -1.79. The van der Waals surface area contributed by atoms with Gasteiger partial charge < -0.3 is 0 Å². The fourth-order valence-corrected chi connectivity index (χ4v) is 2.71. The van der Waals surface area contributed by atoms with Gasteiger partial charge in [0, 0.05) is 18.1 Å². The molecule has 4 nitrogen and oxygen atoms in total. The quantitative estimate of drug-likeness (QED) is 0.939. The topological polar surface area (TPSA) is 49.4 Å². The van der Waals surface area contributed by atoms with Gasteiger partial charge in [0.2, 0.25) is 0 Å². The highest BCUT2D eigenvalue weighted by Crippen LogP contribution is 2.36. The number of halogens is 2. The summed E-state index contributed by atoms with van der Waals surface area (Å²) in [5, 5.41) is 1.18. The smallest absolute Gasteiger partial charge is 0.273 e. The summed E-state index contributed by atoms with van der Waals surface area (Å²) in [6, 6.07) is 9.27. The molecule has 0 radical (unpaired) electrons. The molecular weight excluding hydrogens is 302 g/mol. The molecule has 118 valence electrons.